The van der Waals surface area contributed by atoms with E-state index in [1.807, 2.05) is 0 Å². The van der Waals surface area contributed by atoms with Crippen LogP contribution in [0.1, 0.15) is 78.6 Å². The molecule has 0 aromatic rings. The van der Waals surface area contributed by atoms with E-state index in [2.05, 4.69) is 20.8 Å². The Hall–Kier alpha value is -0.530. The van der Waals surface area contributed by atoms with Gasteiger partial charge in [0.2, 0.25) is 0 Å². The topological polar surface area (TPSA) is 26.3 Å². The highest BCUT2D eigenvalue weighted by molar-refractivity contribution is 5.74. The van der Waals surface area contributed by atoms with Crippen LogP contribution in [0.25, 0.3) is 0 Å². The van der Waals surface area contributed by atoms with Crippen LogP contribution in [0.2, 0.25) is 0 Å². The second kappa shape index (κ2) is 5.76. The van der Waals surface area contributed by atoms with Crippen molar-refractivity contribution in [2.24, 2.45) is 65.1 Å². The van der Waals surface area contributed by atoms with Crippen LogP contribution in [-0.4, -0.2) is 11.6 Å². The SMILES string of the molecule is CCC1(OC(=O)C2CC3CC2C(C)C3C)CC2CC1C1C3CCC(CC3)C21. The van der Waals surface area contributed by atoms with Crippen LogP contribution in [0.5, 0.6) is 0 Å². The first-order chi connectivity index (χ1) is 13.0. The van der Waals surface area contributed by atoms with Crippen molar-refractivity contribution in [2.75, 3.05) is 0 Å². The van der Waals surface area contributed by atoms with E-state index >= 15 is 0 Å². The van der Waals surface area contributed by atoms with Gasteiger partial charge in [-0.05, 0) is 111 Å². The van der Waals surface area contributed by atoms with Gasteiger partial charge in [-0.25, -0.2) is 0 Å². The third-order valence-corrected chi connectivity index (χ3v) is 11.3. The molecular formula is C25H38O2. The lowest BCUT2D eigenvalue weighted by Gasteiger charge is -2.55. The minimum absolute atomic E-state index is 0.100. The van der Waals surface area contributed by atoms with Crippen molar-refractivity contribution in [3.05, 3.63) is 0 Å². The van der Waals surface area contributed by atoms with Gasteiger partial charge in [0.15, 0.2) is 0 Å². The van der Waals surface area contributed by atoms with E-state index in [1.54, 1.807) is 0 Å². The second-order valence-electron chi connectivity index (χ2n) is 11.7. The van der Waals surface area contributed by atoms with Crippen molar-refractivity contribution in [2.45, 2.75) is 84.2 Å². The van der Waals surface area contributed by atoms with Gasteiger partial charge in [0, 0.05) is 5.92 Å². The Morgan fingerprint density at radius 2 is 1.59 bits per heavy atom. The van der Waals surface area contributed by atoms with E-state index in [0.717, 1.165) is 54.3 Å². The quantitative estimate of drug-likeness (QED) is 0.596. The monoisotopic (exact) mass is 370 g/mol. The van der Waals surface area contributed by atoms with E-state index in [-0.39, 0.29) is 17.5 Å². The Bertz CT molecular complexity index is 632. The number of ether oxygens (including phenoxy) is 1. The fraction of sp³-hybridized carbons (Fsp3) is 0.960. The predicted molar refractivity (Wildman–Crippen MR) is 106 cm³/mol. The lowest BCUT2D eigenvalue weighted by atomic mass is 9.52. The summed E-state index contributed by atoms with van der Waals surface area (Å²) in [5.41, 5.74) is -0.100. The molecule has 0 spiro atoms. The maximum Gasteiger partial charge on any atom is 0.309 e. The molecule has 27 heavy (non-hydrogen) atoms. The average molecular weight is 371 g/mol. The second-order valence-corrected chi connectivity index (χ2v) is 11.7. The highest BCUT2D eigenvalue weighted by Crippen LogP contribution is 2.69. The van der Waals surface area contributed by atoms with Gasteiger partial charge in [-0.1, -0.05) is 20.8 Å². The van der Waals surface area contributed by atoms with E-state index < -0.39 is 0 Å². The lowest BCUT2D eigenvalue weighted by molar-refractivity contribution is -0.186. The molecule has 2 nitrogen and oxygen atoms in total. The summed E-state index contributed by atoms with van der Waals surface area (Å²) in [5.74, 6) is 8.68. The average Bonchev–Trinajstić information content (AvgIpc) is 3.44. The van der Waals surface area contributed by atoms with E-state index in [1.165, 1.54) is 44.9 Å². The molecular weight excluding hydrogens is 332 g/mol. The van der Waals surface area contributed by atoms with Gasteiger partial charge >= 0.3 is 5.97 Å². The van der Waals surface area contributed by atoms with Crippen molar-refractivity contribution in [3.8, 4) is 0 Å². The molecule has 0 radical (unpaired) electrons. The van der Waals surface area contributed by atoms with Crippen molar-refractivity contribution < 1.29 is 9.53 Å². The molecule has 0 aromatic heterocycles. The molecule has 0 aromatic carbocycles. The summed E-state index contributed by atoms with van der Waals surface area (Å²) in [7, 11) is 0. The fourth-order valence-electron chi connectivity index (χ4n) is 9.94. The first-order valence-electron chi connectivity index (χ1n) is 12.2. The summed E-state index contributed by atoms with van der Waals surface area (Å²) < 4.78 is 6.62. The van der Waals surface area contributed by atoms with Gasteiger partial charge in [0.05, 0.1) is 5.92 Å². The molecule has 7 saturated carbocycles. The molecule has 7 aliphatic carbocycles. The lowest BCUT2D eigenvalue weighted by Crippen LogP contribution is -2.53. The molecule has 7 aliphatic rings. The molecule has 0 saturated heterocycles. The minimum Gasteiger partial charge on any atom is -0.459 e. The molecule has 0 aliphatic heterocycles. The van der Waals surface area contributed by atoms with Crippen LogP contribution in [-0.2, 0) is 9.53 Å². The van der Waals surface area contributed by atoms with E-state index in [4.69, 9.17) is 4.74 Å². The zero-order chi connectivity index (χ0) is 18.5. The van der Waals surface area contributed by atoms with Crippen LogP contribution in [0.15, 0.2) is 0 Å². The Morgan fingerprint density at radius 1 is 0.889 bits per heavy atom. The molecule has 0 amide bonds. The highest BCUT2D eigenvalue weighted by atomic mass is 16.6. The van der Waals surface area contributed by atoms with Crippen molar-refractivity contribution in [3.63, 3.8) is 0 Å². The third-order valence-electron chi connectivity index (χ3n) is 11.3. The number of carbonyl (C=O) groups is 1. The number of hydrogen-bond donors (Lipinski definition) is 0. The van der Waals surface area contributed by atoms with Crippen LogP contribution >= 0.6 is 0 Å². The summed E-state index contributed by atoms with van der Waals surface area (Å²) in [5, 5.41) is 0. The normalized spacial score (nSPS) is 60.0. The first kappa shape index (κ1) is 17.3. The number of rotatable bonds is 3. The first-order valence-corrected chi connectivity index (χ1v) is 12.2. The molecule has 7 fully saturated rings. The van der Waals surface area contributed by atoms with Crippen molar-refractivity contribution in [1.29, 1.82) is 0 Å². The largest absolute Gasteiger partial charge is 0.459 e. The van der Waals surface area contributed by atoms with E-state index in [0.29, 0.717) is 17.8 Å². The molecule has 0 heterocycles. The Morgan fingerprint density at radius 3 is 2.22 bits per heavy atom. The Labute approximate surface area is 165 Å². The fourth-order valence-corrected chi connectivity index (χ4v) is 9.94. The summed E-state index contributed by atoms with van der Waals surface area (Å²) in [6, 6.07) is 0. The van der Waals surface area contributed by atoms with Crippen molar-refractivity contribution in [1.82, 2.24) is 0 Å². The van der Waals surface area contributed by atoms with Crippen LogP contribution in [0.3, 0.4) is 0 Å². The maximum absolute atomic E-state index is 13.4. The number of carbonyl (C=O) groups excluding carboxylic acids is 1. The van der Waals surface area contributed by atoms with Gasteiger partial charge in [-0.2, -0.15) is 0 Å². The summed E-state index contributed by atoms with van der Waals surface area (Å²) in [6.07, 6.45) is 11.9. The zero-order valence-electron chi connectivity index (χ0n) is 17.5. The molecule has 10 atom stereocenters. The third kappa shape index (κ3) is 2.17. The van der Waals surface area contributed by atoms with E-state index in [9.17, 15) is 4.79 Å². The molecule has 150 valence electrons. The van der Waals surface area contributed by atoms with Gasteiger partial charge in [-0.15, -0.1) is 0 Å². The summed E-state index contributed by atoms with van der Waals surface area (Å²) in [6.45, 7) is 7.08. The number of esters is 1. The van der Waals surface area contributed by atoms with Gasteiger partial charge in [-0.3, -0.25) is 4.79 Å². The minimum atomic E-state index is -0.100. The number of fused-ring (bicyclic) bond motifs is 6. The highest BCUT2D eigenvalue weighted by Gasteiger charge is 2.66. The maximum atomic E-state index is 13.4. The smallest absolute Gasteiger partial charge is 0.309 e. The van der Waals surface area contributed by atoms with Crippen molar-refractivity contribution >= 4 is 5.97 Å². The Balaban J connectivity index is 1.23. The molecule has 10 unspecified atom stereocenters. The molecule has 7 rings (SSSR count). The predicted octanol–water partition coefficient (Wildman–Crippen LogP) is 5.70. The summed E-state index contributed by atoms with van der Waals surface area (Å²) >= 11 is 0. The molecule has 2 heteroatoms. The van der Waals surface area contributed by atoms with Crippen LogP contribution in [0, 0.1) is 65.1 Å². The van der Waals surface area contributed by atoms with Crippen LogP contribution in [0.4, 0.5) is 0 Å². The standard InChI is InChI=1S/C25H38O2/c1-4-25(27-24(26)20-10-17-9-19(20)14(3)13(17)2)12-18-11-21(25)23-16-7-5-15(6-8-16)22(18)23/h13-23H,4-12H2,1-3H3. The van der Waals surface area contributed by atoms with Gasteiger partial charge in [0.1, 0.15) is 5.60 Å². The number of hydrogen-bond acceptors (Lipinski definition) is 2. The Kier molecular flexibility index (Phi) is 3.70. The van der Waals surface area contributed by atoms with Gasteiger partial charge < -0.3 is 4.74 Å². The molecule has 0 N–H and O–H groups in total. The zero-order valence-corrected chi connectivity index (χ0v) is 17.5. The summed E-state index contributed by atoms with van der Waals surface area (Å²) in [4.78, 5) is 13.4. The van der Waals surface area contributed by atoms with Gasteiger partial charge in [0.25, 0.3) is 0 Å². The van der Waals surface area contributed by atoms with Crippen LogP contribution < -0.4 is 0 Å². The molecule has 6 bridgehead atoms.